The van der Waals surface area contributed by atoms with Gasteiger partial charge >= 0.3 is 0 Å². The molecular formula is C12H20N2OS. The van der Waals surface area contributed by atoms with Gasteiger partial charge in [-0.05, 0) is 18.9 Å². The van der Waals surface area contributed by atoms with E-state index in [-0.39, 0.29) is 6.10 Å². The number of nitrogens with one attached hydrogen (secondary N) is 1. The second-order valence-corrected chi connectivity index (χ2v) is 5.52. The van der Waals surface area contributed by atoms with Gasteiger partial charge in [0, 0.05) is 24.4 Å². The predicted molar refractivity (Wildman–Crippen MR) is 66.6 cm³/mol. The van der Waals surface area contributed by atoms with Crippen LogP contribution in [0, 0.1) is 11.8 Å². The van der Waals surface area contributed by atoms with Gasteiger partial charge in [0.25, 0.3) is 0 Å². The standard InChI is InChI=1S/C12H20N2OS/c1-9(2)5-13-6-10-3-4-15-12(10)11-7-16-8-14-11/h7-10,12-13H,3-6H2,1-2H3. The predicted octanol–water partition coefficient (Wildman–Crippen LogP) is 2.47. The van der Waals surface area contributed by atoms with Gasteiger partial charge in [0.15, 0.2) is 0 Å². The van der Waals surface area contributed by atoms with E-state index >= 15 is 0 Å². The van der Waals surface area contributed by atoms with E-state index in [9.17, 15) is 0 Å². The molecule has 1 aliphatic rings. The summed E-state index contributed by atoms with van der Waals surface area (Å²) in [4.78, 5) is 4.36. The number of ether oxygens (including phenoxy) is 1. The molecule has 0 radical (unpaired) electrons. The summed E-state index contributed by atoms with van der Waals surface area (Å²) in [7, 11) is 0. The van der Waals surface area contributed by atoms with Crippen molar-refractivity contribution >= 4 is 11.3 Å². The van der Waals surface area contributed by atoms with Gasteiger partial charge < -0.3 is 10.1 Å². The molecule has 0 spiro atoms. The van der Waals surface area contributed by atoms with Crippen LogP contribution in [0.2, 0.25) is 0 Å². The van der Waals surface area contributed by atoms with Crippen LogP contribution in [0.5, 0.6) is 0 Å². The Morgan fingerprint density at radius 1 is 1.62 bits per heavy atom. The fourth-order valence-electron chi connectivity index (χ4n) is 2.09. The Bertz CT molecular complexity index is 300. The Kier molecular flexibility index (Phi) is 4.32. The van der Waals surface area contributed by atoms with Crippen molar-refractivity contribution in [3.8, 4) is 0 Å². The van der Waals surface area contributed by atoms with Crippen molar-refractivity contribution in [1.82, 2.24) is 10.3 Å². The van der Waals surface area contributed by atoms with Crippen molar-refractivity contribution < 1.29 is 4.74 Å². The van der Waals surface area contributed by atoms with E-state index in [0.29, 0.717) is 11.8 Å². The van der Waals surface area contributed by atoms with Crippen LogP contribution in [0.3, 0.4) is 0 Å². The molecule has 2 atom stereocenters. The summed E-state index contributed by atoms with van der Waals surface area (Å²) in [6, 6.07) is 0. The molecule has 16 heavy (non-hydrogen) atoms. The Balaban J connectivity index is 1.84. The number of rotatable bonds is 5. The smallest absolute Gasteiger partial charge is 0.104 e. The quantitative estimate of drug-likeness (QED) is 0.858. The molecule has 2 unspecified atom stereocenters. The van der Waals surface area contributed by atoms with Crippen LogP contribution < -0.4 is 5.32 Å². The van der Waals surface area contributed by atoms with Crippen LogP contribution in [0.15, 0.2) is 10.9 Å². The maximum Gasteiger partial charge on any atom is 0.104 e. The van der Waals surface area contributed by atoms with E-state index in [0.717, 1.165) is 31.8 Å². The largest absolute Gasteiger partial charge is 0.372 e. The van der Waals surface area contributed by atoms with E-state index in [1.54, 1.807) is 11.3 Å². The Hall–Kier alpha value is -0.450. The first-order chi connectivity index (χ1) is 7.77. The Morgan fingerprint density at radius 2 is 2.50 bits per heavy atom. The Labute approximate surface area is 101 Å². The number of nitrogens with zero attached hydrogens (tertiary/aromatic N) is 1. The molecule has 1 fully saturated rings. The zero-order valence-electron chi connectivity index (χ0n) is 9.98. The minimum absolute atomic E-state index is 0.214. The van der Waals surface area contributed by atoms with Crippen molar-refractivity contribution in [3.63, 3.8) is 0 Å². The molecule has 90 valence electrons. The van der Waals surface area contributed by atoms with Gasteiger partial charge in [0.2, 0.25) is 0 Å². The molecule has 1 saturated heterocycles. The fourth-order valence-corrected chi connectivity index (χ4v) is 2.67. The minimum atomic E-state index is 0.214. The van der Waals surface area contributed by atoms with Crippen molar-refractivity contribution in [2.45, 2.75) is 26.4 Å². The molecule has 1 aliphatic heterocycles. The first kappa shape index (κ1) is 12.0. The number of aromatic nitrogens is 1. The van der Waals surface area contributed by atoms with Gasteiger partial charge in [0.1, 0.15) is 6.10 Å². The fraction of sp³-hybridized carbons (Fsp3) is 0.750. The highest BCUT2D eigenvalue weighted by Crippen LogP contribution is 2.33. The van der Waals surface area contributed by atoms with Gasteiger partial charge in [0.05, 0.1) is 11.2 Å². The highest BCUT2D eigenvalue weighted by atomic mass is 32.1. The second kappa shape index (κ2) is 5.75. The maximum atomic E-state index is 5.77. The van der Waals surface area contributed by atoms with Crippen LogP contribution in [0.25, 0.3) is 0 Å². The van der Waals surface area contributed by atoms with Crippen molar-refractivity contribution in [3.05, 3.63) is 16.6 Å². The summed E-state index contributed by atoms with van der Waals surface area (Å²) >= 11 is 1.65. The number of hydrogen-bond donors (Lipinski definition) is 1. The topological polar surface area (TPSA) is 34.1 Å². The number of hydrogen-bond acceptors (Lipinski definition) is 4. The maximum absolute atomic E-state index is 5.77. The van der Waals surface area contributed by atoms with E-state index in [1.807, 2.05) is 5.51 Å². The lowest BCUT2D eigenvalue weighted by atomic mass is 9.99. The lowest BCUT2D eigenvalue weighted by molar-refractivity contribution is 0.0874. The molecule has 2 heterocycles. The van der Waals surface area contributed by atoms with Crippen LogP contribution >= 0.6 is 11.3 Å². The van der Waals surface area contributed by atoms with Crippen LogP contribution in [-0.4, -0.2) is 24.7 Å². The molecule has 1 aromatic rings. The summed E-state index contributed by atoms with van der Waals surface area (Å²) in [6.07, 6.45) is 1.36. The van der Waals surface area contributed by atoms with Crippen molar-refractivity contribution in [1.29, 1.82) is 0 Å². The molecule has 3 nitrogen and oxygen atoms in total. The van der Waals surface area contributed by atoms with Crippen molar-refractivity contribution in [2.24, 2.45) is 11.8 Å². The molecule has 0 aliphatic carbocycles. The third-order valence-electron chi connectivity index (χ3n) is 2.92. The molecule has 0 saturated carbocycles. The SMILES string of the molecule is CC(C)CNCC1CCOC1c1cscn1. The third-order valence-corrected chi connectivity index (χ3v) is 3.52. The van der Waals surface area contributed by atoms with E-state index in [1.165, 1.54) is 0 Å². The van der Waals surface area contributed by atoms with Gasteiger partial charge in [-0.2, -0.15) is 0 Å². The second-order valence-electron chi connectivity index (χ2n) is 4.81. The average molecular weight is 240 g/mol. The van der Waals surface area contributed by atoms with E-state index in [2.05, 4.69) is 29.5 Å². The summed E-state index contributed by atoms with van der Waals surface area (Å²) in [6.45, 7) is 7.46. The highest BCUT2D eigenvalue weighted by molar-refractivity contribution is 7.07. The van der Waals surface area contributed by atoms with Crippen molar-refractivity contribution in [2.75, 3.05) is 19.7 Å². The zero-order chi connectivity index (χ0) is 11.4. The monoisotopic (exact) mass is 240 g/mol. The average Bonchev–Trinajstić information content (AvgIpc) is 2.84. The summed E-state index contributed by atoms with van der Waals surface area (Å²) in [5.74, 6) is 1.29. The summed E-state index contributed by atoms with van der Waals surface area (Å²) in [5.41, 5.74) is 2.99. The van der Waals surface area contributed by atoms with E-state index < -0.39 is 0 Å². The van der Waals surface area contributed by atoms with E-state index in [4.69, 9.17) is 4.74 Å². The normalized spacial score (nSPS) is 25.4. The molecular weight excluding hydrogens is 220 g/mol. The van der Waals surface area contributed by atoms with Gasteiger partial charge in [-0.15, -0.1) is 11.3 Å². The minimum Gasteiger partial charge on any atom is -0.372 e. The molecule has 0 bridgehead atoms. The number of thiazole rings is 1. The molecule has 0 aromatic carbocycles. The zero-order valence-corrected chi connectivity index (χ0v) is 10.8. The van der Waals surface area contributed by atoms with Crippen LogP contribution in [0.4, 0.5) is 0 Å². The summed E-state index contributed by atoms with van der Waals surface area (Å²) in [5, 5.41) is 5.62. The molecule has 1 N–H and O–H groups in total. The van der Waals surface area contributed by atoms with Gasteiger partial charge in [-0.25, -0.2) is 4.98 Å². The third kappa shape index (κ3) is 3.03. The van der Waals surface area contributed by atoms with Crippen LogP contribution in [-0.2, 0) is 4.74 Å². The Morgan fingerprint density at radius 3 is 3.19 bits per heavy atom. The lowest BCUT2D eigenvalue weighted by Gasteiger charge is -2.18. The highest BCUT2D eigenvalue weighted by Gasteiger charge is 2.30. The first-order valence-corrected chi connectivity index (χ1v) is 6.92. The molecule has 0 amide bonds. The van der Waals surface area contributed by atoms with Gasteiger partial charge in [-0.1, -0.05) is 13.8 Å². The van der Waals surface area contributed by atoms with Gasteiger partial charge in [-0.3, -0.25) is 0 Å². The molecule has 4 heteroatoms. The first-order valence-electron chi connectivity index (χ1n) is 5.97. The summed E-state index contributed by atoms with van der Waals surface area (Å²) < 4.78 is 5.77. The molecule has 2 rings (SSSR count). The van der Waals surface area contributed by atoms with Crippen LogP contribution in [0.1, 0.15) is 32.1 Å². The molecule has 1 aromatic heterocycles. The lowest BCUT2D eigenvalue weighted by Crippen LogP contribution is -2.28.